The number of cyclic esters (lactones) is 1. The highest BCUT2D eigenvalue weighted by atomic mass is 16.6. The number of hydrogen-bond acceptors (Lipinski definition) is 21. The SMILES string of the molecule is CCCCCC1CC(C(=O)O[C@@H](CCN)C(=O)N[C@H](C(=O)N[C@@H](CCN)C(=O)N[C@H]2CCNC(=O)[C@H](C(C)O)NC(=O)[C@H](CCN)NC(=O)[C@H](CCN)NC(=O)[C@H](CC(C)C)NC(=O)[C@@H](Cc3ccccc3)NC(=O)[C@H](CCN)NC2=O)C(C)O)C(=O)O1. The summed E-state index contributed by atoms with van der Waals surface area (Å²) >= 11 is 0. The van der Waals surface area contributed by atoms with E-state index >= 15 is 0 Å². The molecule has 88 heavy (non-hydrogen) atoms. The molecule has 2 heterocycles. The van der Waals surface area contributed by atoms with Gasteiger partial charge in [0.2, 0.25) is 53.2 Å². The fourth-order valence-electron chi connectivity index (χ4n) is 9.69. The van der Waals surface area contributed by atoms with Gasteiger partial charge >= 0.3 is 11.9 Å². The summed E-state index contributed by atoms with van der Waals surface area (Å²) in [5.41, 5.74) is 29.9. The van der Waals surface area contributed by atoms with E-state index in [2.05, 4.69) is 53.2 Å². The van der Waals surface area contributed by atoms with E-state index in [1.54, 1.807) is 44.2 Å². The van der Waals surface area contributed by atoms with Crippen LogP contribution in [0.1, 0.15) is 117 Å². The van der Waals surface area contributed by atoms with Crippen LogP contribution in [0.2, 0.25) is 0 Å². The molecular formula is C57H95N15O16. The van der Waals surface area contributed by atoms with Gasteiger partial charge in [-0.2, -0.15) is 0 Å². The number of unbranched alkanes of at least 4 members (excludes halogenated alkanes) is 2. The lowest BCUT2D eigenvalue weighted by Gasteiger charge is -2.29. The van der Waals surface area contributed by atoms with Crippen molar-refractivity contribution in [2.75, 3.05) is 39.3 Å². The van der Waals surface area contributed by atoms with Crippen LogP contribution in [0.5, 0.6) is 0 Å². The Balaban J connectivity index is 2.06. The molecule has 0 saturated carbocycles. The van der Waals surface area contributed by atoms with E-state index in [1.807, 2.05) is 6.92 Å². The Morgan fingerprint density at radius 3 is 1.69 bits per heavy atom. The fraction of sp³-hybridized carbons (Fsp3) is 0.684. The molecule has 1 aromatic carbocycles. The first-order valence-electron chi connectivity index (χ1n) is 30.1. The molecule has 31 nitrogen and oxygen atoms in total. The van der Waals surface area contributed by atoms with E-state index < -0.39 is 169 Å². The van der Waals surface area contributed by atoms with Crippen molar-refractivity contribution >= 4 is 71.0 Å². The van der Waals surface area contributed by atoms with Gasteiger partial charge in [0.05, 0.1) is 12.2 Å². The lowest BCUT2D eigenvalue weighted by Crippen LogP contribution is -2.61. The second-order valence-corrected chi connectivity index (χ2v) is 22.4. The van der Waals surface area contributed by atoms with Crippen LogP contribution >= 0.6 is 0 Å². The van der Waals surface area contributed by atoms with Gasteiger partial charge in [0.25, 0.3) is 5.91 Å². The molecule has 0 radical (unpaired) electrons. The smallest absolute Gasteiger partial charge is 0.321 e. The van der Waals surface area contributed by atoms with Gasteiger partial charge in [-0.15, -0.1) is 0 Å². The number of carbonyl (C=O) groups excluding carboxylic acids is 12. The quantitative estimate of drug-likeness (QED) is 0.0211. The molecule has 0 spiro atoms. The fourth-order valence-corrected chi connectivity index (χ4v) is 9.69. The number of amides is 10. The maximum Gasteiger partial charge on any atom is 0.321 e. The van der Waals surface area contributed by atoms with E-state index in [0.717, 1.165) is 26.2 Å². The average Bonchev–Trinajstić information content (AvgIpc) is 3.70. The molecule has 10 amide bonds. The molecule has 0 aliphatic carbocycles. The number of benzene rings is 1. The molecule has 14 atom stereocenters. The third kappa shape index (κ3) is 24.6. The van der Waals surface area contributed by atoms with E-state index in [1.165, 1.54) is 6.92 Å². The highest BCUT2D eigenvalue weighted by Crippen LogP contribution is 2.27. The lowest BCUT2D eigenvalue weighted by atomic mass is 10.00. The van der Waals surface area contributed by atoms with Crippen molar-refractivity contribution in [2.24, 2.45) is 40.5 Å². The zero-order valence-corrected chi connectivity index (χ0v) is 51.0. The average molecular weight is 1250 g/mol. The molecular weight excluding hydrogens is 1150 g/mol. The number of carbonyl (C=O) groups is 12. The van der Waals surface area contributed by atoms with Crippen LogP contribution in [0, 0.1) is 11.8 Å². The minimum atomic E-state index is -1.83. The number of nitrogens with one attached hydrogen (secondary N) is 10. The summed E-state index contributed by atoms with van der Waals surface area (Å²) < 4.78 is 10.8. The van der Waals surface area contributed by atoms with Crippen LogP contribution in [0.15, 0.2) is 30.3 Å². The molecule has 31 heteroatoms. The first-order chi connectivity index (χ1) is 41.8. The summed E-state index contributed by atoms with van der Waals surface area (Å²) in [5, 5.41) is 46.8. The van der Waals surface area contributed by atoms with E-state index in [-0.39, 0.29) is 90.0 Å². The van der Waals surface area contributed by atoms with Crippen molar-refractivity contribution in [3.05, 3.63) is 35.9 Å². The van der Waals surface area contributed by atoms with Crippen LogP contribution in [0.3, 0.4) is 0 Å². The molecule has 4 unspecified atom stereocenters. The van der Waals surface area contributed by atoms with Gasteiger partial charge in [0.15, 0.2) is 12.0 Å². The first-order valence-corrected chi connectivity index (χ1v) is 30.1. The van der Waals surface area contributed by atoms with Gasteiger partial charge in [-0.05, 0) is 109 Å². The second kappa shape index (κ2) is 38.8. The highest BCUT2D eigenvalue weighted by Gasteiger charge is 2.43. The van der Waals surface area contributed by atoms with Crippen molar-refractivity contribution < 1.29 is 77.2 Å². The molecule has 3 rings (SSSR count). The van der Waals surface area contributed by atoms with Crippen LogP contribution in [-0.4, -0.2) is 199 Å². The zero-order valence-electron chi connectivity index (χ0n) is 51.0. The highest BCUT2D eigenvalue weighted by molar-refractivity contribution is 6.00. The number of aliphatic hydroxyl groups is 2. The van der Waals surface area contributed by atoms with Gasteiger partial charge < -0.3 is 102 Å². The number of rotatable bonds is 28. The Bertz CT molecular complexity index is 2490. The Labute approximate surface area is 512 Å². The van der Waals surface area contributed by atoms with Crippen molar-refractivity contribution in [2.45, 2.75) is 197 Å². The minimum Gasteiger partial charge on any atom is -0.462 e. The predicted octanol–water partition coefficient (Wildman–Crippen LogP) is -5.91. The van der Waals surface area contributed by atoms with E-state index in [4.69, 9.17) is 38.1 Å². The van der Waals surface area contributed by atoms with Gasteiger partial charge in [-0.3, -0.25) is 57.5 Å². The molecule has 0 aromatic heterocycles. The summed E-state index contributed by atoms with van der Waals surface area (Å²) in [6.45, 7) is 6.42. The standard InChI is InChI=1S/C57H95N15O16/c1-6-7-9-14-34-29-35(56(85)87-34)57(86)88-43(19-25-62)53(82)72-45(32(5)74)55(84)68-38(17-23-60)47(76)67-40-20-26-63-54(83)44(31(4)73)71-50(79)39(18-24-61)65-46(75)36(15-21-58)66-51(80)41(27-30(2)3)69-52(81)42(28-33-12-10-8-11-13-33)70-48(77)37(16-22-59)64-49(40)78/h8,10-13,30-32,34-45,73-74H,6-7,9,14-29,58-62H2,1-5H3,(H,63,83)(H,64,78)(H,65,75)(H,66,80)(H,67,76)(H,68,84)(H,69,81)(H,70,77)(H,71,79)(H,72,82)/t31?,32?,34?,35?,36-,37-,38-,39-,40-,41-,42+,43-,44-,45-/m0/s1. The van der Waals surface area contributed by atoms with Crippen molar-refractivity contribution in [1.29, 1.82) is 0 Å². The third-order valence-corrected chi connectivity index (χ3v) is 14.6. The van der Waals surface area contributed by atoms with Crippen LogP contribution in [-0.2, 0) is 73.4 Å². The molecule has 2 aliphatic heterocycles. The number of ether oxygens (including phenoxy) is 2. The van der Waals surface area contributed by atoms with Gasteiger partial charge in [-0.25, -0.2) is 0 Å². The molecule has 2 aliphatic rings. The van der Waals surface area contributed by atoms with Gasteiger partial charge in [0, 0.05) is 25.8 Å². The number of hydrogen-bond donors (Lipinski definition) is 17. The summed E-state index contributed by atoms with van der Waals surface area (Å²) in [7, 11) is 0. The van der Waals surface area contributed by atoms with Crippen LogP contribution in [0.4, 0.5) is 0 Å². The number of aliphatic hydroxyl groups excluding tert-OH is 2. The maximum absolute atomic E-state index is 14.6. The topological polar surface area (TPSA) is 514 Å². The Morgan fingerprint density at radius 1 is 0.625 bits per heavy atom. The van der Waals surface area contributed by atoms with Gasteiger partial charge in [-0.1, -0.05) is 63.9 Å². The largest absolute Gasteiger partial charge is 0.462 e. The maximum atomic E-state index is 14.6. The van der Waals surface area contributed by atoms with Crippen LogP contribution < -0.4 is 81.8 Å². The van der Waals surface area contributed by atoms with E-state index in [0.29, 0.717) is 12.0 Å². The Kier molecular flexibility index (Phi) is 33.0. The minimum absolute atomic E-state index is 0.0276. The molecule has 22 N–H and O–H groups in total. The molecule has 0 bridgehead atoms. The molecule has 2 fully saturated rings. The van der Waals surface area contributed by atoms with Crippen molar-refractivity contribution in [1.82, 2.24) is 53.2 Å². The summed E-state index contributed by atoms with van der Waals surface area (Å²) in [6.07, 6.45) is -4.10. The summed E-state index contributed by atoms with van der Waals surface area (Å²) in [4.78, 5) is 167. The van der Waals surface area contributed by atoms with Crippen LogP contribution in [0.25, 0.3) is 0 Å². The monoisotopic (exact) mass is 1250 g/mol. The third-order valence-electron chi connectivity index (χ3n) is 14.6. The first kappa shape index (κ1) is 74.8. The normalized spacial score (nSPS) is 24.7. The number of nitrogens with two attached hydrogens (primary N) is 5. The van der Waals surface area contributed by atoms with Gasteiger partial charge in [0.1, 0.15) is 60.5 Å². The van der Waals surface area contributed by atoms with E-state index in [9.17, 15) is 67.7 Å². The second-order valence-electron chi connectivity index (χ2n) is 22.4. The molecule has 1 aromatic rings. The molecule has 494 valence electrons. The molecule has 2 saturated heterocycles. The predicted molar refractivity (Wildman–Crippen MR) is 318 cm³/mol. The summed E-state index contributed by atoms with van der Waals surface area (Å²) in [5.74, 6) is -13.3. The van der Waals surface area contributed by atoms with Crippen molar-refractivity contribution in [3.63, 3.8) is 0 Å². The Morgan fingerprint density at radius 2 is 1.16 bits per heavy atom. The summed E-state index contributed by atoms with van der Waals surface area (Å²) in [6, 6.07) is -5.47. The zero-order chi connectivity index (χ0) is 65.6. The Hall–Kier alpha value is -7.42. The van der Waals surface area contributed by atoms with Crippen molar-refractivity contribution in [3.8, 4) is 0 Å². The number of esters is 2. The lowest BCUT2D eigenvalue weighted by molar-refractivity contribution is -0.164.